The van der Waals surface area contributed by atoms with Crippen molar-refractivity contribution in [3.8, 4) is 11.1 Å². The van der Waals surface area contributed by atoms with Crippen molar-refractivity contribution in [1.82, 2.24) is 9.80 Å². The molecule has 2 aliphatic carbocycles. The van der Waals surface area contributed by atoms with Crippen LogP contribution in [-0.4, -0.2) is 64.5 Å². The van der Waals surface area contributed by atoms with Crippen molar-refractivity contribution in [1.29, 1.82) is 0 Å². The molecule has 1 heterocycles. The third-order valence-corrected chi connectivity index (χ3v) is 6.71. The number of amides is 2. The Balaban J connectivity index is 1.20. The summed E-state index contributed by atoms with van der Waals surface area (Å²) in [6, 6.07) is 16.8. The van der Waals surface area contributed by atoms with Gasteiger partial charge >= 0.3 is 0 Å². The van der Waals surface area contributed by atoms with Gasteiger partial charge in [-0.25, -0.2) is 0 Å². The summed E-state index contributed by atoms with van der Waals surface area (Å²) >= 11 is 0. The number of hydrogen-bond acceptors (Lipinski definition) is 4. The molecule has 0 aromatic heterocycles. The van der Waals surface area contributed by atoms with Crippen molar-refractivity contribution < 1.29 is 14.7 Å². The van der Waals surface area contributed by atoms with Gasteiger partial charge in [0.15, 0.2) is 0 Å². The fraction of sp³-hybridized carbons (Fsp3) is 0.440. The molecule has 3 fully saturated rings. The molecule has 6 nitrogen and oxygen atoms in total. The molecule has 2 aromatic rings. The second kappa shape index (κ2) is 8.00. The summed E-state index contributed by atoms with van der Waals surface area (Å²) in [5.41, 5.74) is 2.85. The van der Waals surface area contributed by atoms with Crippen molar-refractivity contribution in [3.63, 3.8) is 0 Å². The van der Waals surface area contributed by atoms with E-state index in [0.29, 0.717) is 50.6 Å². The number of carbonyl (C=O) groups is 2. The maximum atomic E-state index is 12.9. The number of carbonyl (C=O) groups excluding carboxylic acids is 2. The molecule has 1 saturated heterocycles. The Morgan fingerprint density at radius 1 is 0.903 bits per heavy atom. The molecule has 6 heteroatoms. The molecule has 2 N–H and O–H groups in total. The minimum Gasteiger partial charge on any atom is -0.382 e. The molecule has 0 spiro atoms. The zero-order chi connectivity index (χ0) is 21.4. The van der Waals surface area contributed by atoms with Crippen LogP contribution < -0.4 is 5.32 Å². The number of hydrogen-bond donors (Lipinski definition) is 2. The number of nitrogens with one attached hydrogen (secondary N) is 1. The van der Waals surface area contributed by atoms with Crippen molar-refractivity contribution >= 4 is 17.5 Å². The summed E-state index contributed by atoms with van der Waals surface area (Å²) < 4.78 is 0. The quantitative estimate of drug-likeness (QED) is 0.781. The first-order valence-corrected chi connectivity index (χ1v) is 11.3. The number of anilines is 1. The molecule has 2 aromatic carbocycles. The lowest BCUT2D eigenvalue weighted by molar-refractivity contribution is -0.161. The standard InChI is InChI=1S/C25H29N3O3/c29-23(27-13-15-28(16-14-27)24(30)25(31)11-2-12-25)19-7-5-18(6-8-19)20-3-1-4-22(17-20)26-21-9-10-21/h1,3-8,17,21,26,31H,2,9-16H2. The molecule has 2 saturated carbocycles. The Bertz CT molecular complexity index is 972. The molecular weight excluding hydrogens is 390 g/mol. The number of nitrogens with zero attached hydrogens (tertiary/aromatic N) is 2. The number of benzene rings is 2. The van der Waals surface area contributed by atoms with Gasteiger partial charge in [0, 0.05) is 43.5 Å². The maximum absolute atomic E-state index is 12.9. The molecule has 0 radical (unpaired) electrons. The zero-order valence-electron chi connectivity index (χ0n) is 17.7. The Morgan fingerprint density at radius 3 is 2.19 bits per heavy atom. The van der Waals surface area contributed by atoms with Gasteiger partial charge in [0.2, 0.25) is 0 Å². The van der Waals surface area contributed by atoms with Crippen LogP contribution >= 0.6 is 0 Å². The second-order valence-electron chi connectivity index (χ2n) is 9.05. The Morgan fingerprint density at radius 2 is 1.58 bits per heavy atom. The molecule has 3 aliphatic rings. The third kappa shape index (κ3) is 4.17. The van der Waals surface area contributed by atoms with Gasteiger partial charge in [-0.15, -0.1) is 0 Å². The van der Waals surface area contributed by atoms with E-state index in [-0.39, 0.29) is 11.8 Å². The normalized spacial score (nSPS) is 20.2. The molecule has 0 atom stereocenters. The van der Waals surface area contributed by atoms with Crippen LogP contribution in [0.15, 0.2) is 48.5 Å². The molecule has 0 unspecified atom stereocenters. The van der Waals surface area contributed by atoms with Crippen LogP contribution in [0.25, 0.3) is 11.1 Å². The van der Waals surface area contributed by atoms with Gasteiger partial charge in [-0.1, -0.05) is 24.3 Å². The average molecular weight is 420 g/mol. The van der Waals surface area contributed by atoms with E-state index in [9.17, 15) is 14.7 Å². The van der Waals surface area contributed by atoms with Crippen LogP contribution in [0.3, 0.4) is 0 Å². The van der Waals surface area contributed by atoms with Crippen molar-refractivity contribution in [2.45, 2.75) is 43.7 Å². The van der Waals surface area contributed by atoms with Gasteiger partial charge in [0.1, 0.15) is 5.60 Å². The number of piperazine rings is 1. The molecule has 5 rings (SSSR count). The zero-order valence-corrected chi connectivity index (χ0v) is 17.7. The molecule has 1 aliphatic heterocycles. The largest absolute Gasteiger partial charge is 0.382 e. The molecule has 162 valence electrons. The van der Waals surface area contributed by atoms with Crippen LogP contribution in [-0.2, 0) is 4.79 Å². The van der Waals surface area contributed by atoms with E-state index in [1.54, 1.807) is 9.80 Å². The average Bonchev–Trinajstić information content (AvgIpc) is 3.61. The van der Waals surface area contributed by atoms with Gasteiger partial charge in [-0.2, -0.15) is 0 Å². The lowest BCUT2D eigenvalue weighted by atomic mass is 9.79. The lowest BCUT2D eigenvalue weighted by Gasteiger charge is -2.42. The summed E-state index contributed by atoms with van der Waals surface area (Å²) in [6.07, 6.45) is 4.49. The van der Waals surface area contributed by atoms with Gasteiger partial charge in [0.05, 0.1) is 0 Å². The van der Waals surface area contributed by atoms with Crippen LogP contribution in [0.2, 0.25) is 0 Å². The minimum absolute atomic E-state index is 0.00912. The highest BCUT2D eigenvalue weighted by Crippen LogP contribution is 2.33. The summed E-state index contributed by atoms with van der Waals surface area (Å²) in [7, 11) is 0. The minimum atomic E-state index is -1.16. The SMILES string of the molecule is O=C(c1ccc(-c2cccc(NC3CC3)c2)cc1)N1CCN(C(=O)C2(O)CCC2)CC1. The Labute approximate surface area is 182 Å². The van der Waals surface area contributed by atoms with E-state index in [1.165, 1.54) is 12.8 Å². The van der Waals surface area contributed by atoms with Crippen molar-refractivity contribution in [2.75, 3.05) is 31.5 Å². The van der Waals surface area contributed by atoms with E-state index in [2.05, 4.69) is 29.6 Å². The summed E-state index contributed by atoms with van der Waals surface area (Å²) in [4.78, 5) is 28.9. The molecule has 2 amide bonds. The highest BCUT2D eigenvalue weighted by atomic mass is 16.3. The number of aliphatic hydroxyl groups is 1. The Hall–Kier alpha value is -2.86. The monoisotopic (exact) mass is 419 g/mol. The molecule has 0 bridgehead atoms. The van der Waals surface area contributed by atoms with Crippen molar-refractivity contribution in [2.24, 2.45) is 0 Å². The van der Waals surface area contributed by atoms with E-state index >= 15 is 0 Å². The summed E-state index contributed by atoms with van der Waals surface area (Å²) in [6.45, 7) is 1.95. The Kier molecular flexibility index (Phi) is 5.18. The van der Waals surface area contributed by atoms with E-state index in [4.69, 9.17) is 0 Å². The third-order valence-electron chi connectivity index (χ3n) is 6.71. The summed E-state index contributed by atoms with van der Waals surface area (Å²) in [5.74, 6) is -0.182. The van der Waals surface area contributed by atoms with E-state index < -0.39 is 5.60 Å². The highest BCUT2D eigenvalue weighted by molar-refractivity contribution is 5.95. The van der Waals surface area contributed by atoms with Crippen LogP contribution in [0.4, 0.5) is 5.69 Å². The second-order valence-corrected chi connectivity index (χ2v) is 9.05. The van der Waals surface area contributed by atoms with E-state index in [0.717, 1.165) is 23.2 Å². The van der Waals surface area contributed by atoms with Crippen molar-refractivity contribution in [3.05, 3.63) is 54.1 Å². The number of rotatable bonds is 5. The predicted molar refractivity (Wildman–Crippen MR) is 120 cm³/mol. The first-order chi connectivity index (χ1) is 15.0. The fourth-order valence-corrected chi connectivity index (χ4v) is 4.37. The van der Waals surface area contributed by atoms with Gasteiger partial charge in [-0.05, 0) is 67.5 Å². The molecular formula is C25H29N3O3. The topological polar surface area (TPSA) is 72.9 Å². The van der Waals surface area contributed by atoms with Gasteiger partial charge < -0.3 is 20.2 Å². The van der Waals surface area contributed by atoms with Gasteiger partial charge in [-0.3, -0.25) is 9.59 Å². The first kappa shape index (κ1) is 20.1. The maximum Gasteiger partial charge on any atom is 0.254 e. The molecule has 31 heavy (non-hydrogen) atoms. The van der Waals surface area contributed by atoms with Crippen LogP contribution in [0, 0.1) is 0 Å². The summed E-state index contributed by atoms with van der Waals surface area (Å²) in [5, 5.41) is 13.8. The first-order valence-electron chi connectivity index (χ1n) is 11.3. The fourth-order valence-electron chi connectivity index (χ4n) is 4.37. The highest BCUT2D eigenvalue weighted by Gasteiger charge is 2.45. The lowest BCUT2D eigenvalue weighted by Crippen LogP contribution is -2.58. The smallest absolute Gasteiger partial charge is 0.254 e. The predicted octanol–water partition coefficient (Wildman–Crippen LogP) is 3.13. The van der Waals surface area contributed by atoms with Crippen LogP contribution in [0.5, 0.6) is 0 Å². The van der Waals surface area contributed by atoms with Gasteiger partial charge in [0.25, 0.3) is 11.8 Å². The van der Waals surface area contributed by atoms with Crippen LogP contribution in [0.1, 0.15) is 42.5 Å². The van der Waals surface area contributed by atoms with E-state index in [1.807, 2.05) is 24.3 Å².